The molecule has 5 amide bonds. The summed E-state index contributed by atoms with van der Waals surface area (Å²) in [7, 11) is 0. The van der Waals surface area contributed by atoms with Crippen LogP contribution in [0.4, 0.5) is 0 Å². The Hall–Kier alpha value is -3.22. The third-order valence-corrected chi connectivity index (χ3v) is 4.74. The Balaban J connectivity index is 2.71. The Morgan fingerprint density at radius 3 is 2.00 bits per heavy atom. The summed E-state index contributed by atoms with van der Waals surface area (Å²) in [5, 5.41) is 19.3. The van der Waals surface area contributed by atoms with Crippen molar-refractivity contribution in [2.45, 2.75) is 69.6 Å². The SMILES string of the molecule is CC(NC(=O)C(CCC(N)=O)NC(=O)C1CCCN1)C(=O)NC(CCC(N)=O)C(=O)O. The maximum absolute atomic E-state index is 12.6. The zero-order valence-electron chi connectivity index (χ0n) is 17.3. The molecule has 0 aromatic rings. The summed E-state index contributed by atoms with van der Waals surface area (Å²) in [6.07, 6.45) is 0.747. The quantitative estimate of drug-likeness (QED) is 0.154. The number of nitrogens with two attached hydrogens (primary N) is 2. The number of carboxylic acids is 1. The maximum atomic E-state index is 12.6. The number of nitrogens with one attached hydrogen (secondary N) is 4. The van der Waals surface area contributed by atoms with Gasteiger partial charge in [-0.15, -0.1) is 0 Å². The molecule has 1 aliphatic rings. The molecule has 1 saturated heterocycles. The van der Waals surface area contributed by atoms with Crippen LogP contribution in [0, 0.1) is 0 Å². The lowest BCUT2D eigenvalue weighted by molar-refractivity contribution is -0.142. The van der Waals surface area contributed by atoms with Crippen molar-refractivity contribution >= 4 is 35.5 Å². The highest BCUT2D eigenvalue weighted by atomic mass is 16.4. The van der Waals surface area contributed by atoms with Crippen molar-refractivity contribution in [3.05, 3.63) is 0 Å². The van der Waals surface area contributed by atoms with Crippen LogP contribution in [-0.2, 0) is 28.8 Å². The second-order valence-electron chi connectivity index (χ2n) is 7.35. The van der Waals surface area contributed by atoms with Gasteiger partial charge in [-0.25, -0.2) is 4.79 Å². The van der Waals surface area contributed by atoms with Crippen molar-refractivity contribution in [2.75, 3.05) is 6.54 Å². The van der Waals surface area contributed by atoms with Gasteiger partial charge in [0, 0.05) is 12.8 Å². The molecule has 13 nitrogen and oxygen atoms in total. The molecule has 0 radical (unpaired) electrons. The predicted molar refractivity (Wildman–Crippen MR) is 107 cm³/mol. The average molecular weight is 442 g/mol. The molecular formula is C18H30N6O7. The normalized spacial score (nSPS) is 18.3. The van der Waals surface area contributed by atoms with Crippen molar-refractivity contribution in [1.29, 1.82) is 0 Å². The third-order valence-electron chi connectivity index (χ3n) is 4.74. The molecule has 1 heterocycles. The number of aliphatic carboxylic acids is 1. The van der Waals surface area contributed by atoms with Gasteiger partial charge in [0.05, 0.1) is 6.04 Å². The van der Waals surface area contributed by atoms with Crippen molar-refractivity contribution in [2.24, 2.45) is 11.5 Å². The highest BCUT2D eigenvalue weighted by Gasteiger charge is 2.30. The van der Waals surface area contributed by atoms with E-state index < -0.39 is 59.7 Å². The average Bonchev–Trinajstić information content (AvgIpc) is 3.22. The number of carboxylic acid groups (broad SMARTS) is 1. The molecule has 31 heavy (non-hydrogen) atoms. The summed E-state index contributed by atoms with van der Waals surface area (Å²) in [6.45, 7) is 2.00. The van der Waals surface area contributed by atoms with Crippen LogP contribution in [0.5, 0.6) is 0 Å². The van der Waals surface area contributed by atoms with Gasteiger partial charge in [0.15, 0.2) is 0 Å². The summed E-state index contributed by atoms with van der Waals surface area (Å²) < 4.78 is 0. The zero-order valence-corrected chi connectivity index (χ0v) is 17.3. The van der Waals surface area contributed by atoms with Crippen LogP contribution < -0.4 is 32.7 Å². The predicted octanol–water partition coefficient (Wildman–Crippen LogP) is -3.17. The van der Waals surface area contributed by atoms with E-state index >= 15 is 0 Å². The number of rotatable bonds is 13. The van der Waals surface area contributed by atoms with Gasteiger partial charge < -0.3 is 37.8 Å². The molecular weight excluding hydrogens is 412 g/mol. The first-order valence-corrected chi connectivity index (χ1v) is 9.95. The number of hydrogen-bond acceptors (Lipinski definition) is 7. The molecule has 174 valence electrons. The molecule has 13 heteroatoms. The van der Waals surface area contributed by atoms with Gasteiger partial charge in [-0.3, -0.25) is 24.0 Å². The van der Waals surface area contributed by atoms with E-state index in [-0.39, 0.29) is 25.7 Å². The first kappa shape index (κ1) is 25.8. The Morgan fingerprint density at radius 1 is 0.935 bits per heavy atom. The van der Waals surface area contributed by atoms with Crippen molar-refractivity contribution in [1.82, 2.24) is 21.3 Å². The zero-order chi connectivity index (χ0) is 23.6. The van der Waals surface area contributed by atoms with Crippen molar-refractivity contribution in [3.63, 3.8) is 0 Å². The third kappa shape index (κ3) is 9.42. The van der Waals surface area contributed by atoms with Crippen LogP contribution in [0.2, 0.25) is 0 Å². The molecule has 0 aromatic heterocycles. The Bertz CT molecular complexity index is 708. The largest absolute Gasteiger partial charge is 0.480 e. The van der Waals surface area contributed by atoms with Crippen molar-refractivity contribution < 1.29 is 33.9 Å². The van der Waals surface area contributed by atoms with Crippen LogP contribution >= 0.6 is 0 Å². The van der Waals surface area contributed by atoms with Gasteiger partial charge in [0.1, 0.15) is 18.1 Å². The minimum Gasteiger partial charge on any atom is -0.480 e. The molecule has 0 saturated carbocycles. The molecule has 4 unspecified atom stereocenters. The van der Waals surface area contributed by atoms with E-state index in [1.807, 2.05) is 0 Å². The number of hydrogen-bond donors (Lipinski definition) is 7. The van der Waals surface area contributed by atoms with Gasteiger partial charge >= 0.3 is 5.97 Å². The van der Waals surface area contributed by atoms with Crippen molar-refractivity contribution in [3.8, 4) is 0 Å². The number of amides is 5. The van der Waals surface area contributed by atoms with E-state index in [0.29, 0.717) is 13.0 Å². The standard InChI is InChI=1S/C18H30N6O7/c1-9(15(27)24-12(18(30)31)5-7-14(20)26)22-17(29)11(4-6-13(19)25)23-16(28)10-3-2-8-21-10/h9-12,21H,2-8H2,1H3,(H2,19,25)(H2,20,26)(H,22,29)(H,23,28)(H,24,27)(H,30,31). The molecule has 9 N–H and O–H groups in total. The summed E-state index contributed by atoms with van der Waals surface area (Å²) in [4.78, 5) is 70.4. The van der Waals surface area contributed by atoms with Crippen LogP contribution in [0.15, 0.2) is 0 Å². The Labute approximate surface area is 179 Å². The van der Waals surface area contributed by atoms with Crippen LogP contribution in [-0.4, -0.2) is 71.3 Å². The molecule has 0 aromatic carbocycles. The van der Waals surface area contributed by atoms with Gasteiger partial charge in [0.25, 0.3) is 0 Å². The molecule has 1 rings (SSSR count). The second-order valence-corrected chi connectivity index (χ2v) is 7.35. The molecule has 4 atom stereocenters. The smallest absolute Gasteiger partial charge is 0.326 e. The maximum Gasteiger partial charge on any atom is 0.326 e. The Morgan fingerprint density at radius 2 is 1.52 bits per heavy atom. The summed E-state index contributed by atoms with van der Waals surface area (Å²) >= 11 is 0. The lowest BCUT2D eigenvalue weighted by Gasteiger charge is -2.23. The van der Waals surface area contributed by atoms with Crippen LogP contribution in [0.1, 0.15) is 45.4 Å². The topological polar surface area (TPSA) is 223 Å². The van der Waals surface area contributed by atoms with Crippen LogP contribution in [0.25, 0.3) is 0 Å². The molecule has 0 aliphatic carbocycles. The second kappa shape index (κ2) is 12.5. The molecule has 1 aliphatic heterocycles. The fraction of sp³-hybridized carbons (Fsp3) is 0.667. The summed E-state index contributed by atoms with van der Waals surface area (Å²) in [5.74, 6) is -4.66. The first-order chi connectivity index (χ1) is 14.5. The summed E-state index contributed by atoms with van der Waals surface area (Å²) in [6, 6.07) is -4.08. The lowest BCUT2D eigenvalue weighted by atomic mass is 10.1. The highest BCUT2D eigenvalue weighted by Crippen LogP contribution is 2.07. The van der Waals surface area contributed by atoms with Gasteiger partial charge in [0.2, 0.25) is 29.5 Å². The first-order valence-electron chi connectivity index (χ1n) is 9.95. The van der Waals surface area contributed by atoms with Gasteiger partial charge in [-0.05, 0) is 39.2 Å². The Kier molecular flexibility index (Phi) is 10.4. The number of primary amides is 2. The van der Waals surface area contributed by atoms with Gasteiger partial charge in [-0.1, -0.05) is 0 Å². The summed E-state index contributed by atoms with van der Waals surface area (Å²) in [5.41, 5.74) is 10.1. The van der Waals surface area contributed by atoms with E-state index in [2.05, 4.69) is 21.3 Å². The molecule has 0 bridgehead atoms. The number of carbonyl (C=O) groups excluding carboxylic acids is 5. The fourth-order valence-corrected chi connectivity index (χ4v) is 2.96. The van der Waals surface area contributed by atoms with Gasteiger partial charge in [-0.2, -0.15) is 0 Å². The number of carbonyl (C=O) groups is 6. The minimum absolute atomic E-state index is 0.0652. The minimum atomic E-state index is -1.36. The fourth-order valence-electron chi connectivity index (χ4n) is 2.96. The lowest BCUT2D eigenvalue weighted by Crippen LogP contribution is -2.56. The molecule has 1 fully saturated rings. The van der Waals surface area contributed by atoms with E-state index in [1.165, 1.54) is 6.92 Å². The van der Waals surface area contributed by atoms with E-state index in [0.717, 1.165) is 6.42 Å². The van der Waals surface area contributed by atoms with Crippen LogP contribution in [0.3, 0.4) is 0 Å². The monoisotopic (exact) mass is 442 g/mol. The van der Waals surface area contributed by atoms with E-state index in [1.54, 1.807) is 0 Å². The highest BCUT2D eigenvalue weighted by molar-refractivity contribution is 5.94. The molecule has 0 spiro atoms. The van der Waals surface area contributed by atoms with E-state index in [4.69, 9.17) is 16.6 Å². The van der Waals surface area contributed by atoms with E-state index in [9.17, 15) is 28.8 Å².